The lowest BCUT2D eigenvalue weighted by molar-refractivity contribution is -0.295. The molecule has 0 radical (unpaired) electrons. The van der Waals surface area contributed by atoms with Crippen LogP contribution in [0.25, 0.3) is 34.2 Å². The molecule has 0 unspecified atom stereocenters. The molecule has 0 N–H and O–H groups in total. The van der Waals surface area contributed by atoms with Crippen LogP contribution in [0.2, 0.25) is 0 Å². The summed E-state index contributed by atoms with van der Waals surface area (Å²) in [5.74, 6) is -11.1. The van der Waals surface area contributed by atoms with E-state index in [0.29, 0.717) is 22.4 Å². The maximum atomic E-state index is 14.7. The Morgan fingerprint density at radius 3 is 1.27 bits per heavy atom. The topological polar surface area (TPSA) is 35.8 Å². The van der Waals surface area contributed by atoms with Gasteiger partial charge in [0.05, 0.1) is 11.4 Å². The number of nitrogens with zero attached hydrogens (tertiary/aromatic N) is 2. The Labute approximate surface area is 379 Å². The number of benzene rings is 4. The maximum absolute atomic E-state index is 14.7. The van der Waals surface area contributed by atoms with Gasteiger partial charge in [-0.3, -0.25) is 0 Å². The zero-order valence-electron chi connectivity index (χ0n) is 38.7. The third-order valence-electron chi connectivity index (χ3n) is 11.7. The van der Waals surface area contributed by atoms with E-state index in [-0.39, 0.29) is 44.5 Å². The van der Waals surface area contributed by atoms with Crippen molar-refractivity contribution in [2.75, 3.05) is 13.2 Å². The number of aromatic nitrogens is 1. The highest BCUT2D eigenvalue weighted by Crippen LogP contribution is 2.43. The number of rotatable bonds is 11. The molecule has 352 valence electrons. The summed E-state index contributed by atoms with van der Waals surface area (Å²) in [7, 11) is -2.72. The first-order valence-electron chi connectivity index (χ1n) is 21.3. The van der Waals surface area contributed by atoms with Crippen LogP contribution in [0.5, 0.6) is 0 Å². The molecule has 0 aliphatic carbocycles. The monoisotopic (exact) mass is 926 g/mol. The van der Waals surface area contributed by atoms with Crippen LogP contribution in [-0.4, -0.2) is 54.9 Å². The summed E-state index contributed by atoms with van der Waals surface area (Å²) in [5.41, 5.74) is 7.56. The Hall–Kier alpha value is -5.15. The Morgan fingerprint density at radius 1 is 0.500 bits per heavy atom. The van der Waals surface area contributed by atoms with Crippen molar-refractivity contribution >= 4 is 24.7 Å². The average molecular weight is 927 g/mol. The largest absolute Gasteiger partial charge is 0.598 e. The molecule has 1 aromatic heterocycles. The van der Waals surface area contributed by atoms with E-state index in [1.165, 1.54) is 6.08 Å². The molecule has 0 amide bonds. The standard InChI is InChI=1S/C51H53BF10N2O2/c1-30-24-39-40(25-31(30)2)44(34-16-22-37(23-17-34)47(9,10)11)63-41(39)27-43-38(32-12-18-35(19-13-32)45(3,4)5)26-42(33-14-20-36(21-15-33)46(6,7)8)64(43)52(65-28-48(53,54)50(57,58)59)66-29-49(55,56)51(60,61)62/h12-27H,28-29H2,1-11H3/b41-27-. The minimum absolute atomic E-state index is 0.0202. The second-order valence-corrected chi connectivity index (χ2v) is 20.0. The fraction of sp³-hybridized carbons (Fsp3) is 0.392. The van der Waals surface area contributed by atoms with Gasteiger partial charge in [-0.05, 0) is 93.3 Å². The van der Waals surface area contributed by atoms with Crippen LogP contribution in [-0.2, 0) is 25.6 Å². The molecule has 6 rings (SSSR count). The first-order valence-corrected chi connectivity index (χ1v) is 21.3. The van der Waals surface area contributed by atoms with Crippen molar-refractivity contribution in [2.45, 2.75) is 117 Å². The molecule has 1 aliphatic heterocycles. The highest BCUT2D eigenvalue weighted by atomic mass is 19.4. The number of aliphatic imine (C=N–C) groups is 1. The van der Waals surface area contributed by atoms with Gasteiger partial charge < -0.3 is 13.8 Å². The van der Waals surface area contributed by atoms with Gasteiger partial charge in [-0.1, -0.05) is 135 Å². The molecule has 0 bridgehead atoms. The molecule has 1 aliphatic rings. The molecular formula is C51H53BF10N2O2. The van der Waals surface area contributed by atoms with Crippen molar-refractivity contribution in [1.29, 1.82) is 0 Å². The van der Waals surface area contributed by atoms with Gasteiger partial charge in [0.2, 0.25) is 0 Å². The van der Waals surface area contributed by atoms with Gasteiger partial charge in [0.25, 0.3) is 0 Å². The zero-order chi connectivity index (χ0) is 49.2. The van der Waals surface area contributed by atoms with Crippen LogP contribution >= 0.6 is 0 Å². The van der Waals surface area contributed by atoms with Crippen LogP contribution in [0.1, 0.15) is 113 Å². The third kappa shape index (κ3) is 10.5. The summed E-state index contributed by atoms with van der Waals surface area (Å²) >= 11 is 0. The number of halogens is 10. The summed E-state index contributed by atoms with van der Waals surface area (Å²) in [6.07, 6.45) is -10.9. The Balaban J connectivity index is 1.71. The lowest BCUT2D eigenvalue weighted by Crippen LogP contribution is -2.48. The van der Waals surface area contributed by atoms with Crippen molar-refractivity contribution < 1.29 is 53.2 Å². The summed E-state index contributed by atoms with van der Waals surface area (Å²) in [6.45, 7) is 16.9. The fourth-order valence-corrected chi connectivity index (χ4v) is 7.42. The summed E-state index contributed by atoms with van der Waals surface area (Å²) in [5, 5.41) is 0. The first kappa shape index (κ1) is 50.3. The number of hydrogen-bond donors (Lipinski definition) is 0. The quantitative estimate of drug-likeness (QED) is 0.0977. The molecule has 4 nitrogen and oxygen atoms in total. The van der Waals surface area contributed by atoms with Crippen molar-refractivity contribution in [3.63, 3.8) is 0 Å². The fourth-order valence-electron chi connectivity index (χ4n) is 7.42. The number of hydrogen-bond acceptors (Lipinski definition) is 3. The van der Waals surface area contributed by atoms with Crippen molar-refractivity contribution in [2.24, 2.45) is 4.99 Å². The summed E-state index contributed by atoms with van der Waals surface area (Å²) in [4.78, 5) is 5.08. The maximum Gasteiger partial charge on any atom is 0.598 e. The van der Waals surface area contributed by atoms with E-state index in [2.05, 4.69) is 20.8 Å². The lowest BCUT2D eigenvalue weighted by Gasteiger charge is -2.26. The highest BCUT2D eigenvalue weighted by Gasteiger charge is 2.60. The van der Waals surface area contributed by atoms with Crippen molar-refractivity contribution in [3.05, 3.63) is 141 Å². The minimum atomic E-state index is -6.18. The molecule has 0 saturated carbocycles. The Kier molecular flexibility index (Phi) is 13.3. The molecule has 0 atom stereocenters. The van der Waals surface area contributed by atoms with E-state index in [1.807, 2.05) is 104 Å². The molecule has 0 spiro atoms. The van der Waals surface area contributed by atoms with Crippen LogP contribution in [0, 0.1) is 13.8 Å². The van der Waals surface area contributed by atoms with Crippen molar-refractivity contribution in [1.82, 2.24) is 4.48 Å². The van der Waals surface area contributed by atoms with Gasteiger partial charge in [0.1, 0.15) is 13.2 Å². The molecular weight excluding hydrogens is 873 g/mol. The molecule has 4 aromatic carbocycles. The predicted molar refractivity (Wildman–Crippen MR) is 242 cm³/mol. The number of aryl methyl sites for hydroxylation is 2. The smallest absolute Gasteiger partial charge is 0.385 e. The zero-order valence-corrected chi connectivity index (χ0v) is 38.7. The van der Waals surface area contributed by atoms with Gasteiger partial charge in [-0.2, -0.15) is 43.9 Å². The van der Waals surface area contributed by atoms with Crippen molar-refractivity contribution in [3.8, 4) is 22.4 Å². The van der Waals surface area contributed by atoms with Gasteiger partial charge in [0, 0.05) is 33.6 Å². The van der Waals surface area contributed by atoms with Crippen LogP contribution < -0.4 is 0 Å². The van der Waals surface area contributed by atoms with E-state index >= 15 is 0 Å². The van der Waals surface area contributed by atoms with E-state index in [9.17, 15) is 43.9 Å². The van der Waals surface area contributed by atoms with E-state index in [1.54, 1.807) is 42.5 Å². The first-order chi connectivity index (χ1) is 30.2. The van der Waals surface area contributed by atoms with Crippen LogP contribution in [0.15, 0.2) is 96.0 Å². The number of fused-ring (bicyclic) bond motifs is 1. The predicted octanol–water partition coefficient (Wildman–Crippen LogP) is 14.9. The molecule has 0 saturated heterocycles. The van der Waals surface area contributed by atoms with Gasteiger partial charge in [-0.15, -0.1) is 0 Å². The van der Waals surface area contributed by atoms with E-state index in [0.717, 1.165) is 37.9 Å². The van der Waals surface area contributed by atoms with Crippen LogP contribution in [0.3, 0.4) is 0 Å². The Morgan fingerprint density at radius 2 is 0.879 bits per heavy atom. The van der Waals surface area contributed by atoms with Gasteiger partial charge in [-0.25, -0.2) is 4.99 Å². The molecule has 5 aromatic rings. The van der Waals surface area contributed by atoms with E-state index < -0.39 is 44.7 Å². The number of alkyl halides is 10. The van der Waals surface area contributed by atoms with E-state index in [4.69, 9.17) is 14.3 Å². The average Bonchev–Trinajstić information content (AvgIpc) is 3.74. The highest BCUT2D eigenvalue weighted by molar-refractivity contribution is 6.44. The summed E-state index contributed by atoms with van der Waals surface area (Å²) in [6, 6.07) is 27.1. The van der Waals surface area contributed by atoms with Gasteiger partial charge in [0.15, 0.2) is 0 Å². The molecule has 15 heteroatoms. The normalized spacial score (nSPS) is 14.8. The summed E-state index contributed by atoms with van der Waals surface area (Å²) < 4.78 is 152. The van der Waals surface area contributed by atoms with Gasteiger partial charge >= 0.3 is 31.5 Å². The van der Waals surface area contributed by atoms with Crippen LogP contribution in [0.4, 0.5) is 43.9 Å². The minimum Gasteiger partial charge on any atom is -0.385 e. The Bertz CT molecular complexity index is 2590. The molecule has 2 heterocycles. The third-order valence-corrected chi connectivity index (χ3v) is 11.7. The SMILES string of the molecule is Cc1cc2c(cc1C)/C(=C/c1c(-c3ccc(C(C)(C)C)cc3)cc(-c3ccc(C(C)(C)C)cc3)n1B(OCC(F)(F)C(F)(F)F)OCC(F)(F)C(F)(F)F)N=C2c1ccc(C(C)(C)C)cc1. The molecule has 66 heavy (non-hydrogen) atoms. The lowest BCUT2D eigenvalue weighted by atomic mass is 9.86. The second-order valence-electron chi connectivity index (χ2n) is 20.0. The molecule has 0 fully saturated rings. The second kappa shape index (κ2) is 17.5.